The summed E-state index contributed by atoms with van der Waals surface area (Å²) in [6.07, 6.45) is -4.55. The first-order valence-electron chi connectivity index (χ1n) is 7.36. The second-order valence-corrected chi connectivity index (χ2v) is 6.41. The molecule has 1 heterocycles. The van der Waals surface area contributed by atoms with Gasteiger partial charge in [-0.15, -0.1) is 0 Å². The summed E-state index contributed by atoms with van der Waals surface area (Å²) in [5, 5.41) is 11.1. The summed E-state index contributed by atoms with van der Waals surface area (Å²) in [5.74, 6) is 0.241. The lowest BCUT2D eigenvalue weighted by molar-refractivity contribution is -0.384. The summed E-state index contributed by atoms with van der Waals surface area (Å²) < 4.78 is 44.2. The molecule has 0 amide bonds. The maximum atomic E-state index is 12.9. The Hall–Kier alpha value is -2.58. The minimum absolute atomic E-state index is 0.000747. The number of hydrogen-bond acceptors (Lipinski definition) is 4. The van der Waals surface area contributed by atoms with Gasteiger partial charge in [0.25, 0.3) is 5.69 Å². The zero-order valence-electron chi connectivity index (χ0n) is 13.5. The molecule has 27 heavy (non-hydrogen) atoms. The number of nitrogens with zero attached hydrogens (tertiary/aromatic N) is 2. The van der Waals surface area contributed by atoms with Crippen LogP contribution in [0, 0.1) is 17.0 Å². The number of nitro groups is 1. The fourth-order valence-corrected chi connectivity index (χ4v) is 3.00. The zero-order chi connectivity index (χ0) is 19.9. The number of ether oxygens (including phenoxy) is 1. The first-order valence-corrected chi connectivity index (χ1v) is 8.12. The van der Waals surface area contributed by atoms with Gasteiger partial charge in [-0.05, 0) is 36.8 Å². The van der Waals surface area contributed by atoms with Crippen LogP contribution in [0.3, 0.4) is 0 Å². The molecule has 0 aliphatic carbocycles. The van der Waals surface area contributed by atoms with Crippen LogP contribution in [0.4, 0.5) is 18.9 Å². The van der Waals surface area contributed by atoms with E-state index in [0.717, 1.165) is 18.2 Å². The van der Waals surface area contributed by atoms with E-state index in [2.05, 4.69) is 4.98 Å². The molecule has 0 unspecified atom stereocenters. The van der Waals surface area contributed by atoms with Crippen LogP contribution >= 0.6 is 23.2 Å². The number of aromatic nitrogens is 1. The van der Waals surface area contributed by atoms with Crippen molar-refractivity contribution in [3.63, 3.8) is 0 Å². The summed E-state index contributed by atoms with van der Waals surface area (Å²) in [6, 6.07) is 7.39. The number of benzene rings is 2. The molecule has 0 aliphatic rings. The van der Waals surface area contributed by atoms with Crippen molar-refractivity contribution in [3.8, 4) is 11.5 Å². The number of rotatable bonds is 3. The number of alkyl halides is 3. The van der Waals surface area contributed by atoms with Crippen molar-refractivity contribution in [1.29, 1.82) is 0 Å². The van der Waals surface area contributed by atoms with Crippen LogP contribution in [-0.2, 0) is 6.18 Å². The standard InChI is InChI=1S/C17H9Cl2F3N2O3/c1-8-4-15(17(20,21)22)23-14-3-2-10(7-11(8)14)27-16-12(18)5-9(24(25)26)6-13(16)19/h2-7H,1H3. The summed E-state index contributed by atoms with van der Waals surface area (Å²) >= 11 is 12.0. The average Bonchev–Trinajstić information content (AvgIpc) is 2.57. The fourth-order valence-electron chi connectivity index (χ4n) is 2.45. The van der Waals surface area contributed by atoms with Gasteiger partial charge in [-0.2, -0.15) is 13.2 Å². The molecular weight excluding hydrogens is 408 g/mol. The van der Waals surface area contributed by atoms with Gasteiger partial charge in [-0.25, -0.2) is 4.98 Å². The Kier molecular flexibility index (Phi) is 4.88. The van der Waals surface area contributed by atoms with Gasteiger partial charge < -0.3 is 4.74 Å². The molecule has 0 bridgehead atoms. The smallest absolute Gasteiger partial charge is 0.433 e. The molecule has 2 aromatic carbocycles. The van der Waals surface area contributed by atoms with Gasteiger partial charge in [0.15, 0.2) is 5.75 Å². The zero-order valence-corrected chi connectivity index (χ0v) is 15.0. The van der Waals surface area contributed by atoms with Crippen LogP contribution in [0.15, 0.2) is 36.4 Å². The summed E-state index contributed by atoms with van der Waals surface area (Å²) in [6.45, 7) is 1.52. The largest absolute Gasteiger partial charge is 0.454 e. The molecule has 0 spiro atoms. The maximum Gasteiger partial charge on any atom is 0.433 e. The van der Waals surface area contributed by atoms with Crippen LogP contribution in [0.25, 0.3) is 10.9 Å². The highest BCUT2D eigenvalue weighted by molar-refractivity contribution is 6.37. The Morgan fingerprint density at radius 1 is 1.11 bits per heavy atom. The monoisotopic (exact) mass is 416 g/mol. The lowest BCUT2D eigenvalue weighted by Gasteiger charge is -2.12. The molecular formula is C17H9Cl2F3N2O3. The number of fused-ring (bicyclic) bond motifs is 1. The summed E-state index contributed by atoms with van der Waals surface area (Å²) in [7, 11) is 0. The Balaban J connectivity index is 2.02. The van der Waals surface area contributed by atoms with Gasteiger partial charge in [0, 0.05) is 17.5 Å². The molecule has 0 fully saturated rings. The quantitative estimate of drug-likeness (QED) is 0.357. The number of pyridine rings is 1. The highest BCUT2D eigenvalue weighted by atomic mass is 35.5. The van der Waals surface area contributed by atoms with E-state index in [9.17, 15) is 23.3 Å². The van der Waals surface area contributed by atoms with Crippen molar-refractivity contribution < 1.29 is 22.8 Å². The van der Waals surface area contributed by atoms with Crippen molar-refractivity contribution in [2.24, 2.45) is 0 Å². The normalized spacial score (nSPS) is 11.6. The number of nitro benzene ring substituents is 1. The summed E-state index contributed by atoms with van der Waals surface area (Å²) in [5.41, 5.74) is -0.771. The van der Waals surface area contributed by atoms with Gasteiger partial charge >= 0.3 is 6.18 Å². The minimum Gasteiger partial charge on any atom is -0.454 e. The van der Waals surface area contributed by atoms with E-state index in [1.165, 1.54) is 25.1 Å². The van der Waals surface area contributed by atoms with Crippen LogP contribution < -0.4 is 4.74 Å². The van der Waals surface area contributed by atoms with Crippen LogP contribution in [0.5, 0.6) is 11.5 Å². The van der Waals surface area contributed by atoms with E-state index >= 15 is 0 Å². The predicted octanol–water partition coefficient (Wildman–Crippen LogP) is 6.57. The lowest BCUT2D eigenvalue weighted by Crippen LogP contribution is -2.08. The molecule has 0 aliphatic heterocycles. The first-order chi connectivity index (χ1) is 12.6. The third-order valence-electron chi connectivity index (χ3n) is 3.69. The van der Waals surface area contributed by atoms with E-state index in [4.69, 9.17) is 27.9 Å². The number of non-ortho nitro benzene ring substituents is 1. The Morgan fingerprint density at radius 3 is 2.30 bits per heavy atom. The van der Waals surface area contributed by atoms with Gasteiger partial charge in [-0.3, -0.25) is 10.1 Å². The van der Waals surface area contributed by atoms with E-state index in [0.29, 0.717) is 10.9 Å². The number of aryl methyl sites for hydroxylation is 1. The first kappa shape index (κ1) is 19.2. The van der Waals surface area contributed by atoms with Crippen molar-refractivity contribution in [3.05, 3.63) is 67.8 Å². The topological polar surface area (TPSA) is 65.3 Å². The van der Waals surface area contributed by atoms with Gasteiger partial charge in [-0.1, -0.05) is 23.2 Å². The molecule has 1 aromatic heterocycles. The molecule has 0 saturated carbocycles. The number of halogens is 5. The Labute approximate surface area is 160 Å². The van der Waals surface area contributed by atoms with Crippen LogP contribution in [-0.4, -0.2) is 9.91 Å². The Bertz CT molecular complexity index is 1050. The van der Waals surface area contributed by atoms with Gasteiger partial charge in [0.1, 0.15) is 11.4 Å². The van der Waals surface area contributed by atoms with E-state index in [1.807, 2.05) is 0 Å². The Morgan fingerprint density at radius 2 is 1.74 bits per heavy atom. The van der Waals surface area contributed by atoms with Crippen molar-refractivity contribution in [2.45, 2.75) is 13.1 Å². The molecule has 140 valence electrons. The SMILES string of the molecule is Cc1cc(C(F)(F)F)nc2ccc(Oc3c(Cl)cc([N+](=O)[O-])cc3Cl)cc12. The maximum absolute atomic E-state index is 12.9. The summed E-state index contributed by atoms with van der Waals surface area (Å²) in [4.78, 5) is 13.8. The second-order valence-electron chi connectivity index (χ2n) is 5.60. The molecule has 10 heteroatoms. The fraction of sp³-hybridized carbons (Fsp3) is 0.118. The molecule has 0 saturated heterocycles. The number of hydrogen-bond donors (Lipinski definition) is 0. The van der Waals surface area contributed by atoms with Crippen LogP contribution in [0.2, 0.25) is 10.0 Å². The van der Waals surface area contributed by atoms with Crippen molar-refractivity contribution in [1.82, 2.24) is 4.98 Å². The van der Waals surface area contributed by atoms with Crippen molar-refractivity contribution in [2.75, 3.05) is 0 Å². The lowest BCUT2D eigenvalue weighted by atomic mass is 10.1. The molecule has 0 atom stereocenters. The van der Waals surface area contributed by atoms with E-state index in [1.54, 1.807) is 0 Å². The molecule has 3 rings (SSSR count). The van der Waals surface area contributed by atoms with Crippen molar-refractivity contribution >= 4 is 39.8 Å². The van der Waals surface area contributed by atoms with Gasteiger partial charge in [0.05, 0.1) is 20.5 Å². The van der Waals surface area contributed by atoms with E-state index < -0.39 is 16.8 Å². The average molecular weight is 417 g/mol. The molecule has 3 aromatic rings. The highest BCUT2D eigenvalue weighted by Gasteiger charge is 2.33. The van der Waals surface area contributed by atoms with E-state index in [-0.39, 0.29) is 32.7 Å². The third kappa shape index (κ3) is 3.91. The predicted molar refractivity (Wildman–Crippen MR) is 94.7 cm³/mol. The minimum atomic E-state index is -4.55. The molecule has 0 N–H and O–H groups in total. The second kappa shape index (κ2) is 6.86. The van der Waals surface area contributed by atoms with Gasteiger partial charge in [0.2, 0.25) is 0 Å². The molecule has 0 radical (unpaired) electrons. The van der Waals surface area contributed by atoms with Crippen LogP contribution in [0.1, 0.15) is 11.3 Å². The molecule has 5 nitrogen and oxygen atoms in total. The third-order valence-corrected chi connectivity index (χ3v) is 4.25. The highest BCUT2D eigenvalue weighted by Crippen LogP contribution is 2.40.